The molecule has 1 N–H and O–H groups in total. The Labute approximate surface area is 224 Å². The number of hydrogen-bond donors (Lipinski definition) is 1. The summed E-state index contributed by atoms with van der Waals surface area (Å²) in [4.78, 5) is 30.5. The number of Topliss-reactive ketones (excluding diaryl/α,β-unsaturated/α-hetero) is 1. The number of carbonyl (C=O) groups excluding carboxylic acids is 2. The minimum atomic E-state index is -0.754. The number of rotatable bonds is 9. The van der Waals surface area contributed by atoms with Gasteiger partial charge in [-0.25, -0.2) is 0 Å². The van der Waals surface area contributed by atoms with Crippen molar-refractivity contribution in [3.63, 3.8) is 0 Å². The molecule has 37 heavy (non-hydrogen) atoms. The molecule has 1 aliphatic rings. The van der Waals surface area contributed by atoms with Gasteiger partial charge in [0.05, 0.1) is 36.4 Å². The number of halogens is 1. The van der Waals surface area contributed by atoms with Gasteiger partial charge in [0.1, 0.15) is 17.3 Å². The van der Waals surface area contributed by atoms with Crippen LogP contribution in [-0.2, 0) is 15.0 Å². The second kappa shape index (κ2) is 11.6. The van der Waals surface area contributed by atoms with Crippen molar-refractivity contribution in [3.8, 4) is 11.5 Å². The molecule has 0 aliphatic carbocycles. The Morgan fingerprint density at radius 3 is 2.14 bits per heavy atom. The molecule has 1 saturated heterocycles. The van der Waals surface area contributed by atoms with E-state index in [0.717, 1.165) is 24.2 Å². The monoisotopic (exact) mass is 528 g/mol. The highest BCUT2D eigenvalue weighted by atomic mass is 35.5. The molecule has 0 spiro atoms. The molecule has 8 heteroatoms. The van der Waals surface area contributed by atoms with Gasteiger partial charge in [0.25, 0.3) is 11.7 Å². The highest BCUT2D eigenvalue weighted by molar-refractivity contribution is 6.46. The number of benzene rings is 2. The Morgan fingerprint density at radius 2 is 1.62 bits per heavy atom. The summed E-state index contributed by atoms with van der Waals surface area (Å²) >= 11 is 6.35. The van der Waals surface area contributed by atoms with E-state index >= 15 is 0 Å². The van der Waals surface area contributed by atoms with Gasteiger partial charge in [-0.1, -0.05) is 70.5 Å². The topological polar surface area (TPSA) is 79.3 Å². The fourth-order valence-corrected chi connectivity index (χ4v) is 4.84. The summed E-state index contributed by atoms with van der Waals surface area (Å²) in [6.07, 6.45) is 0. The number of methoxy groups -OCH3 is 2. The smallest absolute Gasteiger partial charge is 0.295 e. The van der Waals surface area contributed by atoms with Crippen LogP contribution in [0.1, 0.15) is 57.4 Å². The van der Waals surface area contributed by atoms with E-state index in [1.165, 1.54) is 20.3 Å². The first-order chi connectivity index (χ1) is 17.5. The van der Waals surface area contributed by atoms with E-state index in [9.17, 15) is 14.7 Å². The Morgan fingerprint density at radius 1 is 1.03 bits per heavy atom. The number of nitrogens with zero attached hydrogens (tertiary/aromatic N) is 2. The third-order valence-electron chi connectivity index (χ3n) is 6.91. The Balaban J connectivity index is 2.20. The Hall–Kier alpha value is -3.03. The van der Waals surface area contributed by atoms with Gasteiger partial charge >= 0.3 is 0 Å². The Kier molecular flexibility index (Phi) is 8.92. The molecule has 7 nitrogen and oxygen atoms in total. The summed E-state index contributed by atoms with van der Waals surface area (Å²) in [5, 5.41) is 11.7. The van der Waals surface area contributed by atoms with Crippen LogP contribution in [0, 0.1) is 0 Å². The molecule has 0 bridgehead atoms. The summed E-state index contributed by atoms with van der Waals surface area (Å²) < 4.78 is 10.7. The molecule has 1 heterocycles. The van der Waals surface area contributed by atoms with Crippen molar-refractivity contribution < 1.29 is 24.2 Å². The van der Waals surface area contributed by atoms with Crippen LogP contribution in [0.2, 0.25) is 5.02 Å². The highest BCUT2D eigenvalue weighted by Gasteiger charge is 2.46. The molecule has 1 unspecified atom stereocenters. The van der Waals surface area contributed by atoms with E-state index in [2.05, 4.69) is 39.5 Å². The van der Waals surface area contributed by atoms with Crippen LogP contribution in [-0.4, -0.2) is 67.0 Å². The zero-order chi connectivity index (χ0) is 27.5. The van der Waals surface area contributed by atoms with Crippen molar-refractivity contribution in [1.29, 1.82) is 0 Å². The van der Waals surface area contributed by atoms with Crippen molar-refractivity contribution in [2.75, 3.05) is 40.4 Å². The van der Waals surface area contributed by atoms with Gasteiger partial charge in [-0.05, 0) is 35.7 Å². The highest BCUT2D eigenvalue weighted by Crippen LogP contribution is 2.43. The lowest BCUT2D eigenvalue weighted by atomic mass is 9.85. The van der Waals surface area contributed by atoms with E-state index in [1.54, 1.807) is 11.0 Å². The van der Waals surface area contributed by atoms with Crippen LogP contribution in [0.25, 0.3) is 5.76 Å². The van der Waals surface area contributed by atoms with Gasteiger partial charge < -0.3 is 24.4 Å². The lowest BCUT2D eigenvalue weighted by molar-refractivity contribution is -0.140. The average Bonchev–Trinajstić information content (AvgIpc) is 3.13. The van der Waals surface area contributed by atoms with Crippen molar-refractivity contribution in [3.05, 3.63) is 63.7 Å². The maximum Gasteiger partial charge on any atom is 0.295 e. The second-order valence-corrected chi connectivity index (χ2v) is 10.5. The van der Waals surface area contributed by atoms with Gasteiger partial charge in [-0.2, -0.15) is 0 Å². The molecule has 3 rings (SSSR count). The van der Waals surface area contributed by atoms with Crippen LogP contribution in [0.15, 0.2) is 42.0 Å². The summed E-state index contributed by atoms with van der Waals surface area (Å²) in [6, 6.07) is 10.1. The van der Waals surface area contributed by atoms with Crippen LogP contribution >= 0.6 is 11.6 Å². The molecule has 2 aromatic carbocycles. The molecule has 1 atom stereocenters. The van der Waals surface area contributed by atoms with Gasteiger partial charge in [-0.3, -0.25) is 9.59 Å². The van der Waals surface area contributed by atoms with Gasteiger partial charge in [-0.15, -0.1) is 0 Å². The SMILES string of the molecule is CCN(CC)CCN1C(=O)C(=O)/C(=C(/O)c2cc(Cl)c(OC)cc2OC)C1c1ccc(C(C)(C)C)cc1. The van der Waals surface area contributed by atoms with E-state index in [0.29, 0.717) is 18.8 Å². The summed E-state index contributed by atoms with van der Waals surface area (Å²) in [6.45, 7) is 13.1. The first-order valence-electron chi connectivity index (χ1n) is 12.5. The van der Waals surface area contributed by atoms with Crippen molar-refractivity contribution in [2.24, 2.45) is 0 Å². The third kappa shape index (κ3) is 5.78. The number of likely N-dealkylation sites (tertiary alicyclic amines) is 1. The third-order valence-corrected chi connectivity index (χ3v) is 7.21. The molecule has 0 aromatic heterocycles. The largest absolute Gasteiger partial charge is 0.507 e. The molecule has 1 fully saturated rings. The molecule has 2 aromatic rings. The van der Waals surface area contributed by atoms with Crippen molar-refractivity contribution in [1.82, 2.24) is 9.80 Å². The predicted octanol–water partition coefficient (Wildman–Crippen LogP) is 5.42. The predicted molar refractivity (Wildman–Crippen MR) is 146 cm³/mol. The Bertz CT molecular complexity index is 1180. The first kappa shape index (κ1) is 28.5. The molecule has 200 valence electrons. The van der Waals surface area contributed by atoms with Gasteiger partial charge in [0, 0.05) is 19.2 Å². The zero-order valence-electron chi connectivity index (χ0n) is 22.7. The fraction of sp³-hybridized carbons (Fsp3) is 0.448. The average molecular weight is 529 g/mol. The number of amides is 1. The molecular weight excluding hydrogens is 492 g/mol. The van der Waals surface area contributed by atoms with Crippen LogP contribution < -0.4 is 9.47 Å². The number of ether oxygens (including phenoxy) is 2. The number of aliphatic hydroxyl groups is 1. The standard InChI is InChI=1S/C29H37ClN2O5/c1-8-31(9-2)14-15-32-25(18-10-12-19(13-11-18)29(3,4)5)24(27(34)28(32)35)26(33)20-16-21(30)23(37-7)17-22(20)36-6/h10-13,16-17,25,33H,8-9,14-15H2,1-7H3/b26-24+. The zero-order valence-corrected chi connectivity index (χ0v) is 23.5. The number of aliphatic hydroxyl groups excluding tert-OH is 1. The van der Waals surface area contributed by atoms with E-state index < -0.39 is 17.7 Å². The lowest BCUT2D eigenvalue weighted by Gasteiger charge is -2.29. The minimum absolute atomic E-state index is 0.00703. The second-order valence-electron chi connectivity index (χ2n) is 10.1. The quantitative estimate of drug-likeness (QED) is 0.266. The number of hydrogen-bond acceptors (Lipinski definition) is 6. The van der Waals surface area contributed by atoms with Crippen LogP contribution in [0.4, 0.5) is 0 Å². The lowest BCUT2D eigenvalue weighted by Crippen LogP contribution is -2.38. The fourth-order valence-electron chi connectivity index (χ4n) is 4.60. The van der Waals surface area contributed by atoms with Crippen LogP contribution in [0.5, 0.6) is 11.5 Å². The molecule has 0 saturated carbocycles. The molecule has 1 aliphatic heterocycles. The summed E-state index contributed by atoms with van der Waals surface area (Å²) in [5.74, 6) is -1.08. The molecule has 1 amide bonds. The number of likely N-dealkylation sites (N-methyl/N-ethyl adjacent to an activating group) is 1. The molecular formula is C29H37ClN2O5. The van der Waals surface area contributed by atoms with E-state index in [4.69, 9.17) is 21.1 Å². The molecule has 0 radical (unpaired) electrons. The summed E-state index contributed by atoms with van der Waals surface area (Å²) in [5.41, 5.74) is 2.03. The maximum atomic E-state index is 13.4. The van der Waals surface area contributed by atoms with Crippen molar-refractivity contribution >= 4 is 29.1 Å². The van der Waals surface area contributed by atoms with E-state index in [1.807, 2.05) is 24.3 Å². The first-order valence-corrected chi connectivity index (χ1v) is 12.9. The van der Waals surface area contributed by atoms with Crippen LogP contribution in [0.3, 0.4) is 0 Å². The minimum Gasteiger partial charge on any atom is -0.507 e. The van der Waals surface area contributed by atoms with Gasteiger partial charge in [0.15, 0.2) is 0 Å². The summed E-state index contributed by atoms with van der Waals surface area (Å²) in [7, 11) is 2.92. The normalized spacial score (nSPS) is 17.5. The van der Waals surface area contributed by atoms with Gasteiger partial charge in [0.2, 0.25) is 0 Å². The number of ketones is 1. The maximum absolute atomic E-state index is 13.4. The van der Waals surface area contributed by atoms with E-state index in [-0.39, 0.29) is 33.1 Å². The van der Waals surface area contributed by atoms with Crippen molar-refractivity contribution in [2.45, 2.75) is 46.1 Å². The number of carbonyl (C=O) groups is 2.